The van der Waals surface area contributed by atoms with E-state index in [2.05, 4.69) is 13.8 Å². The van der Waals surface area contributed by atoms with Crippen LogP contribution in [-0.4, -0.2) is 45.2 Å². The second-order valence-electron chi connectivity index (χ2n) is 9.72. The first-order valence-electron chi connectivity index (χ1n) is 10.1. The molecular weight excluding hydrogens is 344 g/mol. The van der Waals surface area contributed by atoms with E-state index in [1.54, 1.807) is 12.2 Å². The molecule has 8 atom stereocenters. The van der Waals surface area contributed by atoms with Gasteiger partial charge in [0.25, 0.3) is 0 Å². The summed E-state index contributed by atoms with van der Waals surface area (Å²) >= 11 is 0. The van der Waals surface area contributed by atoms with Gasteiger partial charge in [-0.25, -0.2) is 0 Å². The maximum Gasteiger partial charge on any atom is 0.190 e. The van der Waals surface area contributed by atoms with Gasteiger partial charge in [0.1, 0.15) is 12.2 Å². The molecule has 0 spiro atoms. The summed E-state index contributed by atoms with van der Waals surface area (Å²) in [5, 5.41) is 31.9. The average molecular weight is 374 g/mol. The van der Waals surface area contributed by atoms with Crippen LogP contribution < -0.4 is 0 Å². The number of carbonyl (C=O) groups is 2. The Morgan fingerprint density at radius 2 is 2.04 bits per heavy atom. The number of fused-ring (bicyclic) bond motifs is 5. The minimum atomic E-state index is -1.57. The highest BCUT2D eigenvalue weighted by Gasteiger charge is 2.68. The van der Waals surface area contributed by atoms with E-state index >= 15 is 0 Å². The van der Waals surface area contributed by atoms with Crippen LogP contribution in [0, 0.1) is 34.5 Å². The first kappa shape index (κ1) is 19.0. The molecule has 5 nitrogen and oxygen atoms in total. The van der Waals surface area contributed by atoms with E-state index in [0.717, 1.165) is 18.4 Å². The lowest BCUT2D eigenvalue weighted by atomic mass is 9.45. The Morgan fingerprint density at radius 3 is 2.70 bits per heavy atom. The summed E-state index contributed by atoms with van der Waals surface area (Å²) in [5.41, 5.74) is -1.59. The van der Waals surface area contributed by atoms with E-state index in [1.807, 2.05) is 13.0 Å². The maximum atomic E-state index is 12.4. The number of rotatable bonds is 2. The Hall–Kier alpha value is -1.30. The summed E-state index contributed by atoms with van der Waals surface area (Å²) in [6.07, 6.45) is 6.87. The predicted octanol–water partition coefficient (Wildman–Crippen LogP) is 1.80. The Morgan fingerprint density at radius 1 is 1.33 bits per heavy atom. The van der Waals surface area contributed by atoms with Crippen LogP contribution in [0.5, 0.6) is 0 Å². The number of hydrogen-bond acceptors (Lipinski definition) is 5. The largest absolute Gasteiger partial charge is 0.393 e. The molecule has 4 aliphatic carbocycles. The minimum absolute atomic E-state index is 0.00620. The Labute approximate surface area is 160 Å². The fourth-order valence-electron chi connectivity index (χ4n) is 7.34. The van der Waals surface area contributed by atoms with E-state index in [-0.39, 0.29) is 34.9 Å². The monoisotopic (exact) mass is 374 g/mol. The van der Waals surface area contributed by atoms with Crippen LogP contribution >= 0.6 is 0 Å². The van der Waals surface area contributed by atoms with E-state index in [1.165, 1.54) is 0 Å². The normalized spacial score (nSPS) is 51.3. The molecule has 3 N–H and O–H groups in total. The van der Waals surface area contributed by atoms with Gasteiger partial charge >= 0.3 is 0 Å². The van der Waals surface area contributed by atoms with E-state index < -0.39 is 29.5 Å². The molecule has 4 aliphatic rings. The SMILES string of the molecule is C[C@@H]1C[C@H]2[C@@H]([C@H](O)C[C@]3(C)[C@@H]2CC[C@@]3(O)C(=O)CO)[C@]2(C)C=CC(=O)C=C12. The van der Waals surface area contributed by atoms with Crippen molar-refractivity contribution in [1.82, 2.24) is 0 Å². The molecule has 27 heavy (non-hydrogen) atoms. The van der Waals surface area contributed by atoms with Crippen molar-refractivity contribution in [2.45, 2.75) is 58.2 Å². The molecule has 0 bridgehead atoms. The third kappa shape index (κ3) is 2.28. The Kier molecular flexibility index (Phi) is 4.12. The van der Waals surface area contributed by atoms with Crippen LogP contribution in [-0.2, 0) is 9.59 Å². The first-order chi connectivity index (χ1) is 12.6. The van der Waals surface area contributed by atoms with Gasteiger partial charge in [0.2, 0.25) is 0 Å². The van der Waals surface area contributed by atoms with Crippen LogP contribution in [0.4, 0.5) is 0 Å². The van der Waals surface area contributed by atoms with Crippen molar-refractivity contribution in [3.63, 3.8) is 0 Å². The molecule has 5 heteroatoms. The van der Waals surface area contributed by atoms with Gasteiger partial charge in [0.15, 0.2) is 11.6 Å². The highest BCUT2D eigenvalue weighted by Crippen LogP contribution is 2.67. The molecular formula is C22H30O5. The summed E-state index contributed by atoms with van der Waals surface area (Å²) in [4.78, 5) is 24.4. The molecule has 0 unspecified atom stereocenters. The fourth-order valence-corrected chi connectivity index (χ4v) is 7.34. The number of aliphatic hydroxyl groups excluding tert-OH is 2. The van der Waals surface area contributed by atoms with Crippen molar-refractivity contribution >= 4 is 11.6 Å². The highest BCUT2D eigenvalue weighted by atomic mass is 16.3. The van der Waals surface area contributed by atoms with Crippen LogP contribution in [0.2, 0.25) is 0 Å². The second-order valence-corrected chi connectivity index (χ2v) is 9.72. The zero-order chi connectivity index (χ0) is 19.8. The van der Waals surface area contributed by atoms with Gasteiger partial charge in [-0.2, -0.15) is 0 Å². The molecule has 0 saturated heterocycles. The molecule has 0 aromatic rings. The zero-order valence-corrected chi connectivity index (χ0v) is 16.3. The summed E-state index contributed by atoms with van der Waals surface area (Å²) in [7, 11) is 0. The Bertz CT molecular complexity index is 754. The van der Waals surface area contributed by atoms with E-state index in [4.69, 9.17) is 0 Å². The number of hydrogen-bond donors (Lipinski definition) is 3. The molecule has 0 aliphatic heterocycles. The molecule has 4 rings (SSSR count). The summed E-state index contributed by atoms with van der Waals surface area (Å²) in [5.74, 6) is -0.0768. The van der Waals surface area contributed by atoms with Gasteiger partial charge in [-0.15, -0.1) is 0 Å². The van der Waals surface area contributed by atoms with Crippen molar-refractivity contribution in [1.29, 1.82) is 0 Å². The number of aliphatic hydroxyl groups is 3. The van der Waals surface area contributed by atoms with Gasteiger partial charge in [-0.3, -0.25) is 9.59 Å². The van der Waals surface area contributed by atoms with E-state index in [9.17, 15) is 24.9 Å². The van der Waals surface area contributed by atoms with Crippen LogP contribution in [0.1, 0.15) is 46.5 Å². The topological polar surface area (TPSA) is 94.8 Å². The molecule has 148 valence electrons. The highest BCUT2D eigenvalue weighted by molar-refractivity contribution is 6.01. The quantitative estimate of drug-likeness (QED) is 0.685. The first-order valence-corrected chi connectivity index (χ1v) is 10.1. The number of ketones is 2. The smallest absolute Gasteiger partial charge is 0.190 e. The van der Waals surface area contributed by atoms with Crippen LogP contribution in [0.3, 0.4) is 0 Å². The van der Waals surface area contributed by atoms with E-state index in [0.29, 0.717) is 12.8 Å². The van der Waals surface area contributed by atoms with Gasteiger partial charge in [0.05, 0.1) is 6.10 Å². The fraction of sp³-hybridized carbons (Fsp3) is 0.727. The Balaban J connectivity index is 1.78. The van der Waals surface area contributed by atoms with Crippen LogP contribution in [0.15, 0.2) is 23.8 Å². The number of Topliss-reactive ketones (excluding diaryl/α,β-unsaturated/α-hetero) is 1. The van der Waals surface area contributed by atoms with Crippen molar-refractivity contribution in [2.24, 2.45) is 34.5 Å². The summed E-state index contributed by atoms with van der Waals surface area (Å²) in [6, 6.07) is 0. The molecule has 0 aromatic carbocycles. The van der Waals surface area contributed by atoms with Crippen molar-refractivity contribution in [3.8, 4) is 0 Å². The molecule has 3 saturated carbocycles. The standard InChI is InChI=1S/C22H30O5/c1-12-8-14-15-5-7-22(27,18(26)11-23)21(15,3)10-17(25)19(14)20(2)6-4-13(24)9-16(12)20/h4,6,9,12,14-15,17,19,23,25,27H,5,7-8,10-11H2,1-3H3/t12-,14-,15-,17-,19+,20-,21-,22-/m1/s1. The molecule has 0 heterocycles. The number of allylic oxidation sites excluding steroid dienone is 4. The van der Waals surface area contributed by atoms with Gasteiger partial charge in [-0.1, -0.05) is 32.4 Å². The molecule has 3 fully saturated rings. The lowest BCUT2D eigenvalue weighted by molar-refractivity contribution is -0.180. The zero-order valence-electron chi connectivity index (χ0n) is 16.3. The second kappa shape index (κ2) is 5.85. The van der Waals surface area contributed by atoms with Crippen LogP contribution in [0.25, 0.3) is 0 Å². The van der Waals surface area contributed by atoms with Gasteiger partial charge < -0.3 is 15.3 Å². The van der Waals surface area contributed by atoms with Gasteiger partial charge in [0, 0.05) is 16.7 Å². The van der Waals surface area contributed by atoms with Crippen molar-refractivity contribution in [3.05, 3.63) is 23.8 Å². The predicted molar refractivity (Wildman–Crippen MR) is 99.6 cm³/mol. The lowest BCUT2D eigenvalue weighted by Crippen LogP contribution is -2.62. The maximum absolute atomic E-state index is 12.4. The van der Waals surface area contributed by atoms with Gasteiger partial charge in [-0.05, 0) is 55.6 Å². The molecule has 0 radical (unpaired) electrons. The lowest BCUT2D eigenvalue weighted by Gasteiger charge is -2.60. The number of carbonyl (C=O) groups excluding carboxylic acids is 2. The third-order valence-corrected chi connectivity index (χ3v) is 8.57. The summed E-state index contributed by atoms with van der Waals surface area (Å²) in [6.45, 7) is 5.48. The molecule has 0 amide bonds. The van der Waals surface area contributed by atoms with Crippen molar-refractivity contribution < 1.29 is 24.9 Å². The minimum Gasteiger partial charge on any atom is -0.393 e. The molecule has 0 aromatic heterocycles. The average Bonchev–Trinajstić information content (AvgIpc) is 2.87. The summed E-state index contributed by atoms with van der Waals surface area (Å²) < 4.78 is 0. The van der Waals surface area contributed by atoms with Crippen molar-refractivity contribution in [2.75, 3.05) is 6.61 Å². The third-order valence-electron chi connectivity index (χ3n) is 8.57.